The van der Waals surface area contributed by atoms with E-state index in [0.717, 1.165) is 78.4 Å². The van der Waals surface area contributed by atoms with Crippen molar-refractivity contribution in [2.75, 3.05) is 0 Å². The lowest BCUT2D eigenvalue weighted by Crippen LogP contribution is -2.13. The third-order valence-corrected chi connectivity index (χ3v) is 14.4. The number of imidazole rings is 2. The molecule has 0 saturated heterocycles. The van der Waals surface area contributed by atoms with E-state index in [9.17, 15) is 0 Å². The minimum absolute atomic E-state index is 0.176. The first kappa shape index (κ1) is 48.4. The summed E-state index contributed by atoms with van der Waals surface area (Å²) in [5.74, 6) is 4.38. The van der Waals surface area contributed by atoms with E-state index in [0.29, 0.717) is 11.8 Å². The van der Waals surface area contributed by atoms with Gasteiger partial charge in [-0.25, -0.2) is 9.97 Å². The molecule has 0 aliphatic rings. The summed E-state index contributed by atoms with van der Waals surface area (Å²) in [6.07, 6.45) is 4.06. The third-order valence-electron chi connectivity index (χ3n) is 14.4. The molecule has 6 nitrogen and oxygen atoms in total. The quantitative estimate of drug-likeness (QED) is 0.130. The van der Waals surface area contributed by atoms with Crippen LogP contribution in [-0.4, -0.2) is 19.1 Å². The lowest BCUT2D eigenvalue weighted by atomic mass is 9.85. The number of hydrogen-bond donors (Lipinski definition) is 0. The monoisotopic (exact) mass is 951 g/mol. The smallest absolute Gasteiger partial charge is 0.145 e. The van der Waals surface area contributed by atoms with E-state index in [1.807, 2.05) is 18.3 Å². The predicted molar refractivity (Wildman–Crippen MR) is 302 cm³/mol. The van der Waals surface area contributed by atoms with Gasteiger partial charge in [-0.15, -0.1) is 0 Å². The van der Waals surface area contributed by atoms with E-state index in [1.54, 1.807) is 0 Å². The maximum atomic E-state index is 7.20. The van der Waals surface area contributed by atoms with Gasteiger partial charge >= 0.3 is 0 Å². The highest BCUT2D eigenvalue weighted by molar-refractivity contribution is 6.06. The lowest BCUT2D eigenvalue weighted by molar-refractivity contribution is 0.475. The molecule has 0 atom stereocenters. The van der Waals surface area contributed by atoms with E-state index in [4.69, 9.17) is 19.1 Å². The summed E-state index contributed by atoms with van der Waals surface area (Å²) in [6, 6.07) is 48.3. The maximum Gasteiger partial charge on any atom is 0.145 e. The van der Waals surface area contributed by atoms with Gasteiger partial charge in [-0.1, -0.05) is 152 Å². The molecule has 0 unspecified atom stereocenters. The zero-order chi connectivity index (χ0) is 51.0. The molecule has 7 aromatic carbocycles. The van der Waals surface area contributed by atoms with E-state index in [2.05, 4.69) is 234 Å². The minimum atomic E-state index is -0.179. The van der Waals surface area contributed by atoms with E-state index < -0.39 is 0 Å². The van der Waals surface area contributed by atoms with Crippen LogP contribution in [0, 0.1) is 0 Å². The summed E-state index contributed by atoms with van der Waals surface area (Å²) in [6.45, 7) is 31.9. The lowest BCUT2D eigenvalue weighted by Gasteiger charge is -2.25. The van der Waals surface area contributed by atoms with Crippen LogP contribution in [0.1, 0.15) is 154 Å². The summed E-state index contributed by atoms with van der Waals surface area (Å²) in [4.78, 5) is 10.6. The van der Waals surface area contributed by atoms with Crippen LogP contribution < -0.4 is 4.74 Å². The molecule has 0 aliphatic carbocycles. The van der Waals surface area contributed by atoms with Crippen LogP contribution in [0.25, 0.3) is 78.2 Å². The molecular formula is C66H70N4O2. The van der Waals surface area contributed by atoms with Crippen LogP contribution in [0.3, 0.4) is 0 Å². The third kappa shape index (κ3) is 8.95. The largest absolute Gasteiger partial charge is 0.457 e. The first-order chi connectivity index (χ1) is 34.2. The number of aromatic nitrogens is 4. The van der Waals surface area contributed by atoms with Gasteiger partial charge in [0.05, 0.1) is 22.4 Å². The van der Waals surface area contributed by atoms with Crippen molar-refractivity contribution in [3.05, 3.63) is 179 Å². The molecule has 72 heavy (non-hydrogen) atoms. The van der Waals surface area contributed by atoms with Gasteiger partial charge in [0.25, 0.3) is 0 Å². The molecule has 0 bridgehead atoms. The molecule has 0 amide bonds. The van der Waals surface area contributed by atoms with Crippen molar-refractivity contribution in [2.45, 2.75) is 131 Å². The number of rotatable bonds is 11. The molecular weight excluding hydrogens is 881 g/mol. The zero-order valence-electron chi connectivity index (χ0n) is 44.8. The zero-order valence-corrected chi connectivity index (χ0v) is 44.8. The average molecular weight is 951 g/mol. The van der Waals surface area contributed by atoms with Gasteiger partial charge in [0, 0.05) is 34.3 Å². The number of para-hydroxylation sites is 4. The molecule has 3 heterocycles. The molecule has 0 fully saturated rings. The summed E-state index contributed by atoms with van der Waals surface area (Å²) >= 11 is 0. The first-order valence-corrected chi connectivity index (χ1v) is 26.0. The Bertz CT molecular complexity index is 3600. The maximum absolute atomic E-state index is 7.20. The van der Waals surface area contributed by atoms with Gasteiger partial charge in [-0.05, 0) is 158 Å². The molecule has 10 aromatic rings. The Labute approximate surface area is 426 Å². The fourth-order valence-electron chi connectivity index (χ4n) is 10.4. The number of benzene rings is 7. The van der Waals surface area contributed by atoms with Gasteiger partial charge in [-0.3, -0.25) is 9.13 Å². The van der Waals surface area contributed by atoms with Gasteiger partial charge in [0.1, 0.15) is 34.3 Å². The molecule has 10 rings (SSSR count). The Morgan fingerprint density at radius 3 is 1.62 bits per heavy atom. The molecule has 366 valence electrons. The highest BCUT2D eigenvalue weighted by Crippen LogP contribution is 2.44. The summed E-state index contributed by atoms with van der Waals surface area (Å²) in [5.41, 5.74) is 17.7. The van der Waals surface area contributed by atoms with Crippen molar-refractivity contribution < 1.29 is 9.15 Å². The number of furan rings is 1. The van der Waals surface area contributed by atoms with Crippen molar-refractivity contribution in [3.8, 4) is 56.8 Å². The van der Waals surface area contributed by atoms with Gasteiger partial charge in [0.2, 0.25) is 0 Å². The Morgan fingerprint density at radius 2 is 1.03 bits per heavy atom. The fourth-order valence-corrected chi connectivity index (χ4v) is 10.4. The average Bonchev–Trinajstić information content (AvgIpc) is 4.08. The van der Waals surface area contributed by atoms with Crippen LogP contribution in [0.15, 0.2) is 150 Å². The number of fused-ring (bicyclic) bond motifs is 4. The first-order valence-electron chi connectivity index (χ1n) is 26.0. The number of hydrogen-bond acceptors (Lipinski definition) is 4. The molecule has 0 spiro atoms. The fraction of sp³-hybridized carbons (Fsp3) is 0.303. The van der Waals surface area contributed by atoms with Gasteiger partial charge in [-0.2, -0.15) is 0 Å². The van der Waals surface area contributed by atoms with Crippen LogP contribution >= 0.6 is 0 Å². The van der Waals surface area contributed by atoms with Crippen LogP contribution in [-0.2, 0) is 10.8 Å². The van der Waals surface area contributed by atoms with Crippen molar-refractivity contribution in [1.82, 2.24) is 19.1 Å². The molecule has 0 aliphatic heterocycles. The Kier molecular flexibility index (Phi) is 12.4. The molecule has 6 heteroatoms. The van der Waals surface area contributed by atoms with E-state index in [-0.39, 0.29) is 22.7 Å². The Balaban J connectivity index is 1.11. The van der Waals surface area contributed by atoms with Crippen LogP contribution in [0.5, 0.6) is 11.5 Å². The van der Waals surface area contributed by atoms with Crippen LogP contribution in [0.4, 0.5) is 0 Å². The molecule has 3 aromatic heterocycles. The standard InChI is InChI=1S/C66H70N4O2/c1-39(2)51-21-19-22-52(40(3)4)62(51)70-58-24-17-16-23-57(58)68-64(70)46-31-48(66(12,13)14)38-50(33-46)71-49-32-45(30-47(37-49)65(9,10)11)63-67-28-29-69(63)61-55(41(5)6)34-44(35-56(61)42(7)8)43-26-27-54-53-20-15-18-25-59(53)72-60(54)36-43/h15-42H,1-14H3. The molecule has 0 radical (unpaired) electrons. The number of ether oxygens (including phenoxy) is 1. The normalized spacial score (nSPS) is 12.5. The second kappa shape index (κ2) is 18.5. The minimum Gasteiger partial charge on any atom is -0.457 e. The van der Waals surface area contributed by atoms with Crippen LogP contribution in [0.2, 0.25) is 0 Å². The van der Waals surface area contributed by atoms with Crippen molar-refractivity contribution in [3.63, 3.8) is 0 Å². The molecule has 0 saturated carbocycles. The number of nitrogens with zero attached hydrogens (tertiary/aromatic N) is 4. The summed E-state index contributed by atoms with van der Waals surface area (Å²) in [5, 5.41) is 2.27. The van der Waals surface area contributed by atoms with Gasteiger partial charge < -0.3 is 9.15 Å². The topological polar surface area (TPSA) is 58.0 Å². The summed E-state index contributed by atoms with van der Waals surface area (Å²) in [7, 11) is 0. The van der Waals surface area contributed by atoms with E-state index in [1.165, 1.54) is 44.8 Å². The Hall–Kier alpha value is -7.18. The second-order valence-electron chi connectivity index (χ2n) is 23.2. The highest BCUT2D eigenvalue weighted by atomic mass is 16.5. The molecule has 0 N–H and O–H groups in total. The van der Waals surface area contributed by atoms with E-state index >= 15 is 0 Å². The van der Waals surface area contributed by atoms with Gasteiger partial charge in [0.15, 0.2) is 0 Å². The SMILES string of the molecule is CC(C)c1cc(-c2ccc3c(c2)oc2ccccc23)cc(C(C)C)c1-n1ccnc1-c1cc(Oc2cc(-c3nc4ccccc4n3-c3c(C(C)C)cccc3C(C)C)cc(C(C)(C)C)c2)cc(C(C)(C)C)c1. The predicted octanol–water partition coefficient (Wildman–Crippen LogP) is 19.0. The van der Waals surface area contributed by atoms with Crippen molar-refractivity contribution >= 4 is 33.0 Å². The second-order valence-corrected chi connectivity index (χ2v) is 23.2. The van der Waals surface area contributed by atoms with Crippen molar-refractivity contribution in [2.24, 2.45) is 0 Å². The highest BCUT2D eigenvalue weighted by Gasteiger charge is 2.27. The Morgan fingerprint density at radius 1 is 0.472 bits per heavy atom. The summed E-state index contributed by atoms with van der Waals surface area (Å²) < 4.78 is 18.3. The van der Waals surface area contributed by atoms with Crippen molar-refractivity contribution in [1.29, 1.82) is 0 Å².